The van der Waals surface area contributed by atoms with Gasteiger partial charge in [0, 0.05) is 17.7 Å². The number of ether oxygens (including phenoxy) is 1. The van der Waals surface area contributed by atoms with Crippen LogP contribution >= 0.6 is 11.6 Å². The molecule has 0 bridgehead atoms. The molecule has 1 aromatic carbocycles. The van der Waals surface area contributed by atoms with Crippen molar-refractivity contribution < 1.29 is 22.7 Å². The lowest BCUT2D eigenvalue weighted by atomic mass is 9.90. The Hall–Kier alpha value is -1.58. The molecule has 0 amide bonds. The molecule has 102 valence electrons. The number of methoxy groups -OCH3 is 1. The van der Waals surface area contributed by atoms with Gasteiger partial charge in [-0.2, -0.15) is 18.4 Å². The molecule has 0 saturated heterocycles. The second-order valence-electron chi connectivity index (χ2n) is 3.78. The van der Waals surface area contributed by atoms with Crippen LogP contribution in [0.25, 0.3) is 0 Å². The maximum absolute atomic E-state index is 12.7. The molecule has 0 fully saturated rings. The molecule has 0 saturated carbocycles. The van der Waals surface area contributed by atoms with E-state index >= 15 is 0 Å². The number of hydrogen-bond donors (Lipinski definition) is 0. The molecule has 0 spiro atoms. The van der Waals surface area contributed by atoms with Crippen molar-refractivity contribution in [1.29, 1.82) is 5.26 Å². The van der Waals surface area contributed by atoms with Crippen molar-refractivity contribution >= 4 is 17.4 Å². The maximum Gasteiger partial charge on any atom is 0.416 e. The number of carbonyl (C=O) groups is 1. The molecule has 0 aromatic heterocycles. The summed E-state index contributed by atoms with van der Waals surface area (Å²) in [7, 11) is 1.07. The van der Waals surface area contributed by atoms with Gasteiger partial charge in [-0.15, -0.1) is 0 Å². The quantitative estimate of drug-likeness (QED) is 0.858. The van der Waals surface area contributed by atoms with Crippen molar-refractivity contribution in [2.24, 2.45) is 0 Å². The lowest BCUT2D eigenvalue weighted by molar-refractivity contribution is -0.139. The van der Waals surface area contributed by atoms with Gasteiger partial charge in [0.15, 0.2) is 5.78 Å². The Morgan fingerprint density at radius 1 is 1.32 bits per heavy atom. The number of rotatable bonds is 3. The van der Waals surface area contributed by atoms with E-state index in [-0.39, 0.29) is 10.6 Å². The van der Waals surface area contributed by atoms with E-state index in [4.69, 9.17) is 21.6 Å². The first kappa shape index (κ1) is 15.5. The highest BCUT2D eigenvalue weighted by Gasteiger charge is 2.40. The van der Waals surface area contributed by atoms with Crippen LogP contribution in [-0.4, -0.2) is 12.9 Å². The fourth-order valence-corrected chi connectivity index (χ4v) is 1.85. The molecule has 0 N–H and O–H groups in total. The van der Waals surface area contributed by atoms with Gasteiger partial charge >= 0.3 is 6.18 Å². The van der Waals surface area contributed by atoms with Crippen molar-refractivity contribution in [2.45, 2.75) is 18.7 Å². The number of benzene rings is 1. The number of hydrogen-bond acceptors (Lipinski definition) is 3. The van der Waals surface area contributed by atoms with Crippen molar-refractivity contribution in [1.82, 2.24) is 0 Å². The van der Waals surface area contributed by atoms with Gasteiger partial charge in [-0.25, -0.2) is 0 Å². The Morgan fingerprint density at radius 2 is 1.84 bits per heavy atom. The monoisotopic (exact) mass is 291 g/mol. The molecule has 0 aliphatic heterocycles. The van der Waals surface area contributed by atoms with Crippen LogP contribution in [0.1, 0.15) is 18.1 Å². The average molecular weight is 292 g/mol. The Balaban J connectivity index is 3.55. The van der Waals surface area contributed by atoms with Gasteiger partial charge in [0.05, 0.1) is 5.56 Å². The first-order valence-corrected chi connectivity index (χ1v) is 5.41. The summed E-state index contributed by atoms with van der Waals surface area (Å²) >= 11 is 5.60. The summed E-state index contributed by atoms with van der Waals surface area (Å²) in [6.07, 6.45) is -4.63. The number of Topliss-reactive ketones (excluding diaryl/α,β-unsaturated/α-hetero) is 1. The minimum Gasteiger partial charge on any atom is -0.353 e. The Labute approximate surface area is 112 Å². The van der Waals surface area contributed by atoms with Crippen LogP contribution in [0.15, 0.2) is 18.2 Å². The zero-order valence-corrected chi connectivity index (χ0v) is 10.8. The molecule has 0 aliphatic carbocycles. The van der Waals surface area contributed by atoms with Crippen LogP contribution in [0.4, 0.5) is 13.2 Å². The van der Waals surface area contributed by atoms with Gasteiger partial charge in [0.2, 0.25) is 5.60 Å². The molecule has 0 heterocycles. The second kappa shape index (κ2) is 5.19. The van der Waals surface area contributed by atoms with Gasteiger partial charge in [0.25, 0.3) is 0 Å². The zero-order chi connectivity index (χ0) is 14.8. The molecule has 7 heteroatoms. The molecule has 3 nitrogen and oxygen atoms in total. The Bertz CT molecular complexity index is 551. The zero-order valence-electron chi connectivity index (χ0n) is 10.0. The summed E-state index contributed by atoms with van der Waals surface area (Å²) in [5, 5.41) is 8.83. The van der Waals surface area contributed by atoms with Gasteiger partial charge in [0.1, 0.15) is 6.07 Å². The third kappa shape index (κ3) is 2.88. The van der Waals surface area contributed by atoms with Gasteiger partial charge in [-0.1, -0.05) is 11.6 Å². The van der Waals surface area contributed by atoms with E-state index in [0.717, 1.165) is 20.1 Å². The number of ketones is 1. The molecule has 0 aliphatic rings. The minimum absolute atomic E-state index is 0.234. The largest absolute Gasteiger partial charge is 0.416 e. The third-order valence-electron chi connectivity index (χ3n) is 2.59. The van der Waals surface area contributed by atoms with E-state index < -0.39 is 23.1 Å². The first-order chi connectivity index (χ1) is 8.67. The summed E-state index contributed by atoms with van der Waals surface area (Å²) in [6, 6.07) is 4.08. The highest BCUT2D eigenvalue weighted by molar-refractivity contribution is 6.30. The number of halogens is 4. The van der Waals surface area contributed by atoms with E-state index in [1.165, 1.54) is 0 Å². The molecule has 19 heavy (non-hydrogen) atoms. The average Bonchev–Trinajstić information content (AvgIpc) is 2.29. The third-order valence-corrected chi connectivity index (χ3v) is 2.81. The molecule has 1 unspecified atom stereocenters. The van der Waals surface area contributed by atoms with Crippen LogP contribution in [0, 0.1) is 11.3 Å². The first-order valence-electron chi connectivity index (χ1n) is 5.03. The highest BCUT2D eigenvalue weighted by Crippen LogP contribution is 2.36. The summed E-state index contributed by atoms with van der Waals surface area (Å²) < 4.78 is 42.9. The number of nitriles is 1. The fraction of sp³-hybridized carbons (Fsp3) is 0.333. The van der Waals surface area contributed by atoms with Gasteiger partial charge in [-0.3, -0.25) is 4.79 Å². The summed E-state index contributed by atoms with van der Waals surface area (Å²) in [5.74, 6) is -0.729. The van der Waals surface area contributed by atoms with Crippen molar-refractivity contribution in [3.05, 3.63) is 34.3 Å². The number of alkyl halides is 3. The molecule has 1 rings (SSSR count). The smallest absolute Gasteiger partial charge is 0.353 e. The second-order valence-corrected chi connectivity index (χ2v) is 4.22. The van der Waals surface area contributed by atoms with E-state index in [2.05, 4.69) is 0 Å². The molecule has 1 aromatic rings. The van der Waals surface area contributed by atoms with Crippen molar-refractivity contribution in [2.75, 3.05) is 7.11 Å². The summed E-state index contributed by atoms with van der Waals surface area (Å²) in [6.45, 7) is 1.06. The normalized spacial score (nSPS) is 14.6. The minimum atomic E-state index is -4.63. The standard InChI is InChI=1S/C12H9ClF3NO2/c1-7(18)11(6-17,19-2)8-3-9(12(14,15)16)5-10(13)4-8/h3-5H,1-2H3. The topological polar surface area (TPSA) is 50.1 Å². The van der Waals surface area contributed by atoms with Gasteiger partial charge < -0.3 is 4.74 Å². The number of nitrogens with zero attached hydrogens (tertiary/aromatic N) is 1. The van der Waals surface area contributed by atoms with Crippen molar-refractivity contribution in [3.8, 4) is 6.07 Å². The lowest BCUT2D eigenvalue weighted by Gasteiger charge is -2.23. The predicted octanol–water partition coefficient (Wildman–Crippen LogP) is 3.31. The fourth-order valence-electron chi connectivity index (χ4n) is 1.61. The highest BCUT2D eigenvalue weighted by atomic mass is 35.5. The lowest BCUT2D eigenvalue weighted by Crippen LogP contribution is -2.35. The SMILES string of the molecule is COC(C#N)(C(C)=O)c1cc(Cl)cc(C(F)(F)F)c1. The van der Waals surface area contributed by atoms with E-state index in [1.54, 1.807) is 6.07 Å². The van der Waals surface area contributed by atoms with Gasteiger partial charge in [-0.05, 0) is 25.1 Å². The maximum atomic E-state index is 12.7. The summed E-state index contributed by atoms with van der Waals surface area (Å²) in [4.78, 5) is 11.5. The van der Waals surface area contributed by atoms with Crippen LogP contribution in [-0.2, 0) is 21.3 Å². The molecular weight excluding hydrogens is 283 g/mol. The van der Waals surface area contributed by atoms with Crippen LogP contribution in [0.2, 0.25) is 5.02 Å². The van der Waals surface area contributed by atoms with Crippen molar-refractivity contribution in [3.63, 3.8) is 0 Å². The van der Waals surface area contributed by atoms with E-state index in [1.807, 2.05) is 0 Å². The van der Waals surface area contributed by atoms with E-state index in [9.17, 15) is 18.0 Å². The Kier molecular flexibility index (Phi) is 4.23. The molecular formula is C12H9ClF3NO2. The van der Waals surface area contributed by atoms with E-state index in [0.29, 0.717) is 12.1 Å². The number of carbonyl (C=O) groups excluding carboxylic acids is 1. The summed E-state index contributed by atoms with van der Waals surface area (Å²) in [5.41, 5.74) is -3.39. The Morgan fingerprint density at radius 3 is 2.21 bits per heavy atom. The van der Waals surface area contributed by atoms with Crippen LogP contribution in [0.3, 0.4) is 0 Å². The molecule has 1 atom stereocenters. The predicted molar refractivity (Wildman–Crippen MR) is 61.4 cm³/mol. The van der Waals surface area contributed by atoms with Crippen LogP contribution < -0.4 is 0 Å². The van der Waals surface area contributed by atoms with Crippen LogP contribution in [0.5, 0.6) is 0 Å². The molecule has 0 radical (unpaired) electrons.